The number of benzene rings is 2. The van der Waals surface area contributed by atoms with Crippen molar-refractivity contribution < 1.29 is 14.5 Å². The van der Waals surface area contributed by atoms with Crippen molar-refractivity contribution in [3.63, 3.8) is 0 Å². The van der Waals surface area contributed by atoms with Gasteiger partial charge in [-0.05, 0) is 32.4 Å². The predicted octanol–water partition coefficient (Wildman–Crippen LogP) is 3.81. The van der Waals surface area contributed by atoms with Crippen LogP contribution in [0.2, 0.25) is 0 Å². The topological polar surface area (TPSA) is 93.3 Å². The molecule has 1 N–H and O–H groups in total. The fraction of sp³-hybridized carbons (Fsp3) is 0.222. The van der Waals surface area contributed by atoms with Crippen LogP contribution in [-0.2, 0) is 9.53 Å². The number of aryl methyl sites for hydroxylation is 1. The molecule has 0 unspecified atom stereocenters. The van der Waals surface area contributed by atoms with E-state index in [1.54, 1.807) is 20.8 Å². The molecule has 0 aliphatic heterocycles. The van der Waals surface area contributed by atoms with Gasteiger partial charge in [-0.3, -0.25) is 20.3 Å². The number of nitro groups is 1. The van der Waals surface area contributed by atoms with Crippen LogP contribution in [0.1, 0.15) is 29.2 Å². The first-order valence-electron chi connectivity index (χ1n) is 7.37. The third-order valence-corrected chi connectivity index (χ3v) is 3.29. The zero-order valence-electron chi connectivity index (χ0n) is 13.9. The molecule has 0 fully saturated rings. The molecule has 0 spiro atoms. The second kappa shape index (κ2) is 9.19. The maximum absolute atomic E-state index is 11.0. The first-order valence-corrected chi connectivity index (χ1v) is 7.37. The molecule has 0 aliphatic carbocycles. The lowest BCUT2D eigenvalue weighted by Crippen LogP contribution is -2.06. The van der Waals surface area contributed by atoms with E-state index in [9.17, 15) is 14.9 Å². The molecule has 24 heavy (non-hydrogen) atoms. The molecule has 6 heteroatoms. The molecule has 0 saturated carbocycles. The van der Waals surface area contributed by atoms with E-state index in [-0.39, 0.29) is 5.69 Å². The van der Waals surface area contributed by atoms with Crippen molar-refractivity contribution in [1.29, 1.82) is 5.41 Å². The van der Waals surface area contributed by atoms with Crippen LogP contribution in [-0.4, -0.2) is 23.7 Å². The van der Waals surface area contributed by atoms with Gasteiger partial charge in [0, 0.05) is 22.8 Å². The number of nitrogens with one attached hydrogen (secondary N) is 1. The summed E-state index contributed by atoms with van der Waals surface area (Å²) in [7, 11) is 0. The molecule has 0 atom stereocenters. The minimum atomic E-state index is -0.399. The minimum absolute atomic E-state index is 0.0654. The highest BCUT2D eigenvalue weighted by Gasteiger charge is 2.18. The highest BCUT2D eigenvalue weighted by atomic mass is 16.6. The van der Waals surface area contributed by atoms with E-state index < -0.39 is 4.92 Å². The van der Waals surface area contributed by atoms with E-state index in [0.29, 0.717) is 29.9 Å². The van der Waals surface area contributed by atoms with Gasteiger partial charge in [0.25, 0.3) is 12.2 Å². The molecular weight excluding hydrogens is 308 g/mol. The molecule has 2 aromatic rings. The smallest absolute Gasteiger partial charge is 0.293 e. The van der Waals surface area contributed by atoms with Crippen molar-refractivity contribution in [1.82, 2.24) is 0 Å². The van der Waals surface area contributed by atoms with Crippen LogP contribution in [0, 0.1) is 29.4 Å². The summed E-state index contributed by atoms with van der Waals surface area (Å²) < 4.78 is 4.15. The van der Waals surface area contributed by atoms with E-state index in [1.165, 1.54) is 6.07 Å². The lowest BCUT2D eigenvalue weighted by Gasteiger charge is -2.09. The Morgan fingerprint density at radius 3 is 2.33 bits per heavy atom. The number of hydrogen-bond acceptors (Lipinski definition) is 5. The van der Waals surface area contributed by atoms with Gasteiger partial charge in [-0.25, -0.2) is 0 Å². The van der Waals surface area contributed by atoms with Gasteiger partial charge in [0.05, 0.1) is 17.2 Å². The van der Waals surface area contributed by atoms with E-state index in [1.807, 2.05) is 36.4 Å². The standard InChI is InChI=1S/C15H14N2O2.C3H6O2/c1-10-8-13(11(2)14(9-10)17(18)19)15(16)12-6-4-3-5-7-12;1-2-5-3-4/h3-9,16H,1-2H3;3H,2H2,1H3. The summed E-state index contributed by atoms with van der Waals surface area (Å²) in [6.45, 7) is 6.15. The zero-order valence-corrected chi connectivity index (χ0v) is 13.9. The second-order valence-corrected chi connectivity index (χ2v) is 5.01. The molecule has 2 rings (SSSR count). The molecule has 0 aromatic heterocycles. The number of carbonyl (C=O) groups excluding carboxylic acids is 1. The van der Waals surface area contributed by atoms with Gasteiger partial charge in [0.2, 0.25) is 0 Å². The SMILES string of the molecule is CCOC=O.Cc1cc(C(=N)c2ccccc2)c(C)c([N+](=O)[O-])c1. The van der Waals surface area contributed by atoms with Gasteiger partial charge in [0.1, 0.15) is 0 Å². The van der Waals surface area contributed by atoms with Crippen molar-refractivity contribution in [3.8, 4) is 0 Å². The van der Waals surface area contributed by atoms with Gasteiger partial charge < -0.3 is 4.74 Å². The summed E-state index contributed by atoms with van der Waals surface area (Å²) >= 11 is 0. The Morgan fingerprint density at radius 1 is 1.25 bits per heavy atom. The fourth-order valence-corrected chi connectivity index (χ4v) is 2.12. The number of rotatable bonds is 5. The highest BCUT2D eigenvalue weighted by Crippen LogP contribution is 2.25. The van der Waals surface area contributed by atoms with Crippen molar-refractivity contribution in [2.75, 3.05) is 6.61 Å². The van der Waals surface area contributed by atoms with Crippen molar-refractivity contribution in [2.45, 2.75) is 20.8 Å². The number of ether oxygens (including phenoxy) is 1. The maximum Gasteiger partial charge on any atom is 0.293 e. The van der Waals surface area contributed by atoms with Gasteiger partial charge in [-0.15, -0.1) is 0 Å². The maximum atomic E-state index is 11.0. The van der Waals surface area contributed by atoms with Gasteiger partial charge in [-0.1, -0.05) is 30.3 Å². The zero-order chi connectivity index (χ0) is 18.1. The van der Waals surface area contributed by atoms with E-state index in [4.69, 9.17) is 5.41 Å². The number of hydrogen-bond donors (Lipinski definition) is 1. The predicted molar refractivity (Wildman–Crippen MR) is 92.6 cm³/mol. The summed E-state index contributed by atoms with van der Waals surface area (Å²) in [5.74, 6) is 0. The van der Waals surface area contributed by atoms with Crippen LogP contribution in [0.4, 0.5) is 5.69 Å². The summed E-state index contributed by atoms with van der Waals surface area (Å²) in [6.07, 6.45) is 0. The Hall–Kier alpha value is -3.02. The van der Waals surface area contributed by atoms with E-state index in [0.717, 1.165) is 11.1 Å². The number of nitro benzene ring substituents is 1. The van der Waals surface area contributed by atoms with Crippen LogP contribution in [0.15, 0.2) is 42.5 Å². The molecule has 0 amide bonds. The monoisotopic (exact) mass is 328 g/mol. The van der Waals surface area contributed by atoms with E-state index >= 15 is 0 Å². The summed E-state index contributed by atoms with van der Waals surface area (Å²) in [5.41, 5.74) is 3.06. The largest absolute Gasteiger partial charge is 0.468 e. The van der Waals surface area contributed by atoms with Gasteiger partial charge in [0.15, 0.2) is 0 Å². The second-order valence-electron chi connectivity index (χ2n) is 5.01. The van der Waals surface area contributed by atoms with Crippen molar-refractivity contribution >= 4 is 17.9 Å². The van der Waals surface area contributed by atoms with Crippen LogP contribution in [0.25, 0.3) is 0 Å². The third kappa shape index (κ3) is 5.01. The highest BCUT2D eigenvalue weighted by molar-refractivity contribution is 6.12. The Balaban J connectivity index is 0.000000505. The lowest BCUT2D eigenvalue weighted by atomic mass is 9.95. The van der Waals surface area contributed by atoms with Crippen LogP contribution >= 0.6 is 0 Å². The van der Waals surface area contributed by atoms with Crippen molar-refractivity contribution in [2.24, 2.45) is 0 Å². The minimum Gasteiger partial charge on any atom is -0.468 e. The average Bonchev–Trinajstić information content (AvgIpc) is 2.58. The molecule has 2 aromatic carbocycles. The van der Waals surface area contributed by atoms with Crippen LogP contribution < -0.4 is 0 Å². The Kier molecular flexibility index (Phi) is 7.29. The van der Waals surface area contributed by atoms with Gasteiger partial charge in [-0.2, -0.15) is 0 Å². The molecular formula is C18H20N2O4. The Labute approximate surface area is 140 Å². The molecule has 0 radical (unpaired) electrons. The summed E-state index contributed by atoms with van der Waals surface area (Å²) in [4.78, 5) is 19.8. The molecule has 126 valence electrons. The molecule has 0 bridgehead atoms. The quantitative estimate of drug-likeness (QED) is 0.391. The first-order chi connectivity index (χ1) is 11.4. The number of carbonyl (C=O) groups is 1. The fourth-order valence-electron chi connectivity index (χ4n) is 2.12. The molecule has 0 saturated heterocycles. The summed E-state index contributed by atoms with van der Waals surface area (Å²) in [6, 6.07) is 12.6. The normalized spacial score (nSPS) is 9.46. The van der Waals surface area contributed by atoms with Crippen molar-refractivity contribution in [3.05, 3.63) is 74.8 Å². The van der Waals surface area contributed by atoms with Gasteiger partial charge >= 0.3 is 0 Å². The molecule has 6 nitrogen and oxygen atoms in total. The van der Waals surface area contributed by atoms with Crippen LogP contribution in [0.5, 0.6) is 0 Å². The lowest BCUT2D eigenvalue weighted by molar-refractivity contribution is -0.385. The first kappa shape index (κ1) is 19.0. The summed E-state index contributed by atoms with van der Waals surface area (Å²) in [5, 5.41) is 19.2. The average molecular weight is 328 g/mol. The Morgan fingerprint density at radius 2 is 1.88 bits per heavy atom. The molecule has 0 aliphatic rings. The van der Waals surface area contributed by atoms with Crippen LogP contribution in [0.3, 0.4) is 0 Å². The van der Waals surface area contributed by atoms with E-state index in [2.05, 4.69) is 4.74 Å². The molecule has 0 heterocycles. The number of nitrogens with zero attached hydrogens (tertiary/aromatic N) is 1. The Bertz CT molecular complexity index is 727. The third-order valence-electron chi connectivity index (χ3n) is 3.29.